The first-order valence-electron chi connectivity index (χ1n) is 10.7. The van der Waals surface area contributed by atoms with Crippen LogP contribution in [0.4, 0.5) is 4.79 Å². The summed E-state index contributed by atoms with van der Waals surface area (Å²) in [7, 11) is -1.50. The molecule has 1 aromatic rings. The van der Waals surface area contributed by atoms with E-state index in [1.165, 1.54) is 0 Å². The van der Waals surface area contributed by atoms with Gasteiger partial charge in [-0.25, -0.2) is 9.78 Å². The van der Waals surface area contributed by atoms with Crippen molar-refractivity contribution in [2.75, 3.05) is 13.2 Å². The molecule has 7 heteroatoms. The van der Waals surface area contributed by atoms with E-state index in [1.54, 1.807) is 0 Å². The van der Waals surface area contributed by atoms with Crippen LogP contribution in [-0.2, 0) is 14.2 Å². The fourth-order valence-electron chi connectivity index (χ4n) is 2.87. The highest BCUT2D eigenvalue weighted by atomic mass is 28.3. The Labute approximate surface area is 182 Å². The zero-order valence-electron chi connectivity index (χ0n) is 19.2. The highest BCUT2D eigenvalue weighted by Gasteiger charge is 2.22. The summed E-state index contributed by atoms with van der Waals surface area (Å²) in [5.74, 6) is 3.18. The van der Waals surface area contributed by atoms with Crippen molar-refractivity contribution in [3.8, 4) is 11.5 Å². The minimum absolute atomic E-state index is 0.164. The Hall–Kier alpha value is -1.88. The topological polar surface area (TPSA) is 69.7 Å². The number of hydrogen-bond acceptors (Lipinski definition) is 5. The molecule has 1 aromatic heterocycles. The van der Waals surface area contributed by atoms with Crippen LogP contribution in [0.25, 0.3) is 0 Å². The molecule has 1 amide bonds. The average Bonchev–Trinajstić information content (AvgIpc) is 2.65. The quantitative estimate of drug-likeness (QED) is 0.516. The summed E-state index contributed by atoms with van der Waals surface area (Å²) in [6.07, 6.45) is 3.03. The number of rotatable bonds is 6. The predicted octanol–water partition coefficient (Wildman–Crippen LogP) is 4.81. The van der Waals surface area contributed by atoms with Gasteiger partial charge in [0, 0.05) is 6.61 Å². The normalized spacial score (nSPS) is 18.1. The minimum Gasteiger partial charge on any atom is -0.444 e. The van der Waals surface area contributed by atoms with Gasteiger partial charge in [-0.2, -0.15) is 0 Å². The van der Waals surface area contributed by atoms with E-state index in [1.807, 2.05) is 39.0 Å². The molecule has 0 spiro atoms. The van der Waals surface area contributed by atoms with Gasteiger partial charge in [0.1, 0.15) is 19.4 Å². The van der Waals surface area contributed by atoms with Crippen molar-refractivity contribution in [3.63, 3.8) is 0 Å². The minimum atomic E-state index is -1.50. The molecule has 166 valence electrons. The van der Waals surface area contributed by atoms with Crippen molar-refractivity contribution in [2.24, 2.45) is 0 Å². The molecule has 2 rings (SSSR count). The molecule has 1 fully saturated rings. The largest absolute Gasteiger partial charge is 0.444 e. The summed E-state index contributed by atoms with van der Waals surface area (Å²) < 4.78 is 16.9. The van der Waals surface area contributed by atoms with Crippen molar-refractivity contribution in [1.82, 2.24) is 10.3 Å². The average molecular weight is 433 g/mol. The second kappa shape index (κ2) is 10.9. The van der Waals surface area contributed by atoms with Gasteiger partial charge in [-0.3, -0.25) is 0 Å². The Kier molecular flexibility index (Phi) is 8.89. The lowest BCUT2D eigenvalue weighted by atomic mass is 10.1. The van der Waals surface area contributed by atoms with Crippen molar-refractivity contribution in [2.45, 2.75) is 84.0 Å². The second-order valence-electron chi connectivity index (χ2n) is 9.60. The molecule has 2 heterocycles. The number of nitrogens with zero attached hydrogens (tertiary/aromatic N) is 1. The number of alkyl carbamates (subject to hydrolysis) is 1. The summed E-state index contributed by atoms with van der Waals surface area (Å²) in [5.41, 5.74) is 4.22. The second-order valence-corrected chi connectivity index (χ2v) is 14.4. The molecular formula is C23H36N2O4Si. The molecule has 1 N–H and O–H groups in total. The smallest absolute Gasteiger partial charge is 0.408 e. The molecule has 0 aromatic carbocycles. The maximum absolute atomic E-state index is 12.4. The van der Waals surface area contributed by atoms with E-state index >= 15 is 0 Å². The Balaban J connectivity index is 2.10. The van der Waals surface area contributed by atoms with Gasteiger partial charge in [-0.1, -0.05) is 31.6 Å². The lowest BCUT2D eigenvalue weighted by molar-refractivity contribution is -0.163. The van der Waals surface area contributed by atoms with Gasteiger partial charge in [0.05, 0.1) is 18.3 Å². The summed E-state index contributed by atoms with van der Waals surface area (Å²) in [4.78, 5) is 17.1. The molecule has 1 saturated heterocycles. The van der Waals surface area contributed by atoms with Gasteiger partial charge in [-0.05, 0) is 58.6 Å². The third-order valence-corrected chi connectivity index (χ3v) is 5.11. The number of nitrogens with one attached hydrogen (secondary N) is 1. The van der Waals surface area contributed by atoms with Gasteiger partial charge in [0.15, 0.2) is 6.29 Å². The van der Waals surface area contributed by atoms with E-state index in [-0.39, 0.29) is 12.3 Å². The molecule has 0 saturated carbocycles. The Bertz CT molecular complexity index is 753. The predicted molar refractivity (Wildman–Crippen MR) is 121 cm³/mol. The van der Waals surface area contributed by atoms with Gasteiger partial charge >= 0.3 is 6.09 Å². The lowest BCUT2D eigenvalue weighted by Crippen LogP contribution is -2.36. The molecule has 1 aliphatic heterocycles. The highest BCUT2D eigenvalue weighted by molar-refractivity contribution is 6.83. The van der Waals surface area contributed by atoms with Crippen molar-refractivity contribution < 1.29 is 19.0 Å². The number of carbonyl (C=O) groups excluding carboxylic acids is 1. The third-order valence-electron chi connectivity index (χ3n) is 4.23. The first kappa shape index (κ1) is 24.4. The maximum atomic E-state index is 12.4. The number of carbonyl (C=O) groups is 1. The molecule has 6 nitrogen and oxygen atoms in total. The van der Waals surface area contributed by atoms with E-state index in [4.69, 9.17) is 14.2 Å². The molecule has 0 aliphatic carbocycles. The van der Waals surface area contributed by atoms with Gasteiger partial charge < -0.3 is 19.5 Å². The molecule has 2 atom stereocenters. The lowest BCUT2D eigenvalue weighted by Gasteiger charge is -2.25. The highest BCUT2D eigenvalue weighted by Crippen LogP contribution is 2.19. The third kappa shape index (κ3) is 9.75. The van der Waals surface area contributed by atoms with Crippen LogP contribution in [0.1, 0.15) is 63.9 Å². The summed E-state index contributed by atoms with van der Waals surface area (Å²) in [6.45, 7) is 13.3. The summed E-state index contributed by atoms with van der Waals surface area (Å²) in [5, 5.41) is 2.94. The van der Waals surface area contributed by atoms with Gasteiger partial charge in [0.25, 0.3) is 0 Å². The number of pyridine rings is 1. The molecule has 1 unspecified atom stereocenters. The van der Waals surface area contributed by atoms with Crippen LogP contribution in [0.2, 0.25) is 19.6 Å². The fraction of sp³-hybridized carbons (Fsp3) is 0.652. The SMILES string of the molecule is CC(C)(C)OC(=O)NC(CCO[C@H]1CCCCO1)c1cccc(C#C[Si](C)(C)C)n1. The van der Waals surface area contributed by atoms with Crippen LogP contribution in [0, 0.1) is 11.5 Å². The van der Waals surface area contributed by atoms with Crippen molar-refractivity contribution in [1.29, 1.82) is 0 Å². The summed E-state index contributed by atoms with van der Waals surface area (Å²) >= 11 is 0. The van der Waals surface area contributed by atoms with Crippen molar-refractivity contribution in [3.05, 3.63) is 29.6 Å². The van der Waals surface area contributed by atoms with Crippen LogP contribution >= 0.6 is 0 Å². The molecule has 0 radical (unpaired) electrons. The number of aromatic nitrogens is 1. The van der Waals surface area contributed by atoms with Gasteiger partial charge in [-0.15, -0.1) is 5.54 Å². The Morgan fingerprint density at radius 2 is 2.10 bits per heavy atom. The van der Waals surface area contributed by atoms with Crippen molar-refractivity contribution >= 4 is 14.2 Å². The van der Waals surface area contributed by atoms with Crippen LogP contribution in [0.3, 0.4) is 0 Å². The number of hydrogen-bond donors (Lipinski definition) is 1. The molecular weight excluding hydrogens is 396 g/mol. The van der Waals surface area contributed by atoms with Crippen LogP contribution < -0.4 is 5.32 Å². The van der Waals surface area contributed by atoms with E-state index in [9.17, 15) is 4.79 Å². The standard InChI is InChI=1S/C23H36N2O4Si/c1-23(2,3)29-22(26)25-20(13-16-28-21-12-7-8-15-27-21)19-11-9-10-18(24-19)14-17-30(4,5)6/h9-11,20-21H,7-8,12-13,15-16H2,1-6H3,(H,25,26)/t20?,21-/m0/s1. The zero-order valence-corrected chi connectivity index (χ0v) is 20.2. The molecule has 1 aliphatic rings. The van der Waals surface area contributed by atoms with E-state index in [0.29, 0.717) is 18.7 Å². The van der Waals surface area contributed by atoms with Crippen LogP contribution in [0.5, 0.6) is 0 Å². The monoisotopic (exact) mass is 432 g/mol. The summed E-state index contributed by atoms with van der Waals surface area (Å²) in [6, 6.07) is 5.38. The van der Waals surface area contributed by atoms with E-state index in [2.05, 4.69) is 41.4 Å². The first-order chi connectivity index (χ1) is 14.0. The number of ether oxygens (including phenoxy) is 3. The molecule has 30 heavy (non-hydrogen) atoms. The van der Waals surface area contributed by atoms with Gasteiger partial charge in [0.2, 0.25) is 0 Å². The Morgan fingerprint density at radius 3 is 2.73 bits per heavy atom. The van der Waals surface area contributed by atoms with E-state index in [0.717, 1.165) is 31.6 Å². The first-order valence-corrected chi connectivity index (χ1v) is 14.2. The Morgan fingerprint density at radius 1 is 1.33 bits per heavy atom. The number of amides is 1. The van der Waals surface area contributed by atoms with Crippen LogP contribution in [-0.4, -0.2) is 44.3 Å². The van der Waals surface area contributed by atoms with Crippen LogP contribution in [0.15, 0.2) is 18.2 Å². The van der Waals surface area contributed by atoms with E-state index < -0.39 is 19.8 Å². The fourth-order valence-corrected chi connectivity index (χ4v) is 3.37. The molecule has 0 bridgehead atoms. The maximum Gasteiger partial charge on any atom is 0.408 e. The zero-order chi connectivity index (χ0) is 22.2.